The van der Waals surface area contributed by atoms with E-state index >= 15 is 0 Å². The fraction of sp³-hybridized carbons (Fsp3) is 0.833. The second-order valence-electron chi connectivity index (χ2n) is 5.38. The van der Waals surface area contributed by atoms with Crippen LogP contribution in [0.25, 0.3) is 0 Å². The number of aliphatic hydroxyl groups excluding tert-OH is 1. The maximum Gasteiger partial charge on any atom is 0.408 e. The lowest BCUT2D eigenvalue weighted by Gasteiger charge is -2.25. The predicted molar refractivity (Wildman–Crippen MR) is 68.1 cm³/mol. The van der Waals surface area contributed by atoms with Crippen molar-refractivity contribution in [3.05, 3.63) is 0 Å². The highest BCUT2D eigenvalue weighted by molar-refractivity contribution is 5.85. The van der Waals surface area contributed by atoms with Crippen LogP contribution in [0.1, 0.15) is 34.6 Å². The van der Waals surface area contributed by atoms with E-state index < -0.39 is 17.7 Å². The smallest absolute Gasteiger partial charge is 0.408 e. The van der Waals surface area contributed by atoms with Gasteiger partial charge in [-0.05, 0) is 26.7 Å². The third-order valence-corrected chi connectivity index (χ3v) is 2.03. The first kappa shape index (κ1) is 16.7. The van der Waals surface area contributed by atoms with Crippen LogP contribution in [0, 0.1) is 5.92 Å². The van der Waals surface area contributed by atoms with Crippen LogP contribution in [0.2, 0.25) is 0 Å². The summed E-state index contributed by atoms with van der Waals surface area (Å²) in [6.45, 7) is 8.93. The van der Waals surface area contributed by atoms with Crippen LogP contribution in [-0.2, 0) is 9.53 Å². The summed E-state index contributed by atoms with van der Waals surface area (Å²) in [6, 6.07) is -0.675. The summed E-state index contributed by atoms with van der Waals surface area (Å²) in [5, 5.41) is 13.7. The number of aliphatic hydroxyl groups is 1. The first-order chi connectivity index (χ1) is 8.17. The minimum Gasteiger partial charge on any atom is -0.444 e. The Balaban J connectivity index is 4.45. The van der Waals surface area contributed by atoms with Crippen molar-refractivity contribution in [1.82, 2.24) is 10.6 Å². The zero-order valence-electron chi connectivity index (χ0n) is 11.7. The Labute approximate surface area is 108 Å². The van der Waals surface area contributed by atoms with Gasteiger partial charge in [0.15, 0.2) is 0 Å². The molecule has 0 bridgehead atoms. The molecule has 106 valence electrons. The van der Waals surface area contributed by atoms with E-state index in [0.717, 1.165) is 0 Å². The first-order valence-electron chi connectivity index (χ1n) is 6.05. The molecule has 18 heavy (non-hydrogen) atoms. The van der Waals surface area contributed by atoms with Gasteiger partial charge in [-0.15, -0.1) is 0 Å². The van der Waals surface area contributed by atoms with Crippen LogP contribution in [0.4, 0.5) is 4.79 Å². The molecular formula is C12H24N2O4. The van der Waals surface area contributed by atoms with Gasteiger partial charge in [-0.2, -0.15) is 0 Å². The van der Waals surface area contributed by atoms with E-state index in [4.69, 9.17) is 9.84 Å². The predicted octanol–water partition coefficient (Wildman–Crippen LogP) is 0.644. The number of rotatable bonds is 5. The van der Waals surface area contributed by atoms with Crippen LogP contribution in [0.15, 0.2) is 0 Å². The van der Waals surface area contributed by atoms with Gasteiger partial charge in [0.2, 0.25) is 5.91 Å². The Bertz CT molecular complexity index is 284. The van der Waals surface area contributed by atoms with Gasteiger partial charge in [0.25, 0.3) is 0 Å². The minimum atomic E-state index is -0.675. The highest BCUT2D eigenvalue weighted by atomic mass is 16.6. The molecule has 0 fully saturated rings. The monoisotopic (exact) mass is 260 g/mol. The van der Waals surface area contributed by atoms with Gasteiger partial charge in [-0.1, -0.05) is 13.8 Å². The molecule has 3 N–H and O–H groups in total. The molecule has 0 radical (unpaired) electrons. The Morgan fingerprint density at radius 1 is 1.28 bits per heavy atom. The fourth-order valence-electron chi connectivity index (χ4n) is 1.26. The molecular weight excluding hydrogens is 236 g/mol. The maximum absolute atomic E-state index is 11.8. The molecule has 0 aliphatic heterocycles. The third kappa shape index (κ3) is 7.11. The SMILES string of the molecule is CC(C)C(NC(=O)OC(C)(C)C)C(=O)NCCO. The molecule has 0 saturated carbocycles. The summed E-state index contributed by atoms with van der Waals surface area (Å²) in [5.74, 6) is -0.402. The van der Waals surface area contributed by atoms with Gasteiger partial charge in [0.1, 0.15) is 11.6 Å². The van der Waals surface area contributed by atoms with E-state index in [9.17, 15) is 9.59 Å². The van der Waals surface area contributed by atoms with Gasteiger partial charge >= 0.3 is 6.09 Å². The Kier molecular flexibility index (Phi) is 6.68. The molecule has 1 atom stereocenters. The summed E-state index contributed by atoms with van der Waals surface area (Å²) < 4.78 is 5.09. The van der Waals surface area contributed by atoms with E-state index in [0.29, 0.717) is 0 Å². The molecule has 6 nitrogen and oxygen atoms in total. The molecule has 0 aliphatic carbocycles. The molecule has 0 aromatic carbocycles. The van der Waals surface area contributed by atoms with Crippen molar-refractivity contribution in [2.24, 2.45) is 5.92 Å². The molecule has 6 heteroatoms. The topological polar surface area (TPSA) is 87.7 Å². The molecule has 0 spiro atoms. The second-order valence-corrected chi connectivity index (χ2v) is 5.38. The lowest BCUT2D eigenvalue weighted by atomic mass is 10.0. The number of alkyl carbamates (subject to hydrolysis) is 1. The van der Waals surface area contributed by atoms with Crippen molar-refractivity contribution in [2.75, 3.05) is 13.2 Å². The Morgan fingerprint density at radius 2 is 1.83 bits per heavy atom. The van der Waals surface area contributed by atoms with E-state index in [1.165, 1.54) is 0 Å². The van der Waals surface area contributed by atoms with Crippen molar-refractivity contribution in [1.29, 1.82) is 0 Å². The zero-order valence-corrected chi connectivity index (χ0v) is 11.7. The number of hydrogen-bond donors (Lipinski definition) is 3. The number of ether oxygens (including phenoxy) is 1. The quantitative estimate of drug-likeness (QED) is 0.677. The van der Waals surface area contributed by atoms with Gasteiger partial charge in [-0.25, -0.2) is 4.79 Å². The van der Waals surface area contributed by atoms with Crippen molar-refractivity contribution >= 4 is 12.0 Å². The van der Waals surface area contributed by atoms with Crippen LogP contribution < -0.4 is 10.6 Å². The fourth-order valence-corrected chi connectivity index (χ4v) is 1.26. The van der Waals surface area contributed by atoms with Gasteiger partial charge in [0.05, 0.1) is 6.61 Å². The largest absolute Gasteiger partial charge is 0.444 e. The molecule has 1 unspecified atom stereocenters. The Hall–Kier alpha value is -1.30. The lowest BCUT2D eigenvalue weighted by molar-refractivity contribution is -0.124. The molecule has 0 rings (SSSR count). The Morgan fingerprint density at radius 3 is 2.22 bits per heavy atom. The normalized spacial score (nSPS) is 13.1. The molecule has 0 saturated heterocycles. The molecule has 0 heterocycles. The highest BCUT2D eigenvalue weighted by Gasteiger charge is 2.26. The molecule has 2 amide bonds. The van der Waals surface area contributed by atoms with Gasteiger partial charge in [0, 0.05) is 6.54 Å². The molecule has 0 aromatic heterocycles. The first-order valence-corrected chi connectivity index (χ1v) is 6.05. The van der Waals surface area contributed by atoms with Crippen molar-refractivity contribution in [2.45, 2.75) is 46.3 Å². The highest BCUT2D eigenvalue weighted by Crippen LogP contribution is 2.08. The zero-order chi connectivity index (χ0) is 14.3. The maximum atomic E-state index is 11.8. The molecule has 0 aromatic rings. The standard InChI is InChI=1S/C12H24N2O4/c1-8(2)9(10(16)13-6-7-15)14-11(17)18-12(3,4)5/h8-9,15H,6-7H2,1-5H3,(H,13,16)(H,14,17). The van der Waals surface area contributed by atoms with Crippen LogP contribution in [0.3, 0.4) is 0 Å². The summed E-state index contributed by atoms with van der Waals surface area (Å²) in [7, 11) is 0. The van der Waals surface area contributed by atoms with Crippen molar-refractivity contribution < 1.29 is 19.4 Å². The summed E-state index contributed by atoms with van der Waals surface area (Å²) >= 11 is 0. The third-order valence-electron chi connectivity index (χ3n) is 2.03. The van der Waals surface area contributed by atoms with E-state index in [1.54, 1.807) is 20.8 Å². The van der Waals surface area contributed by atoms with Crippen molar-refractivity contribution in [3.63, 3.8) is 0 Å². The van der Waals surface area contributed by atoms with Crippen molar-refractivity contribution in [3.8, 4) is 0 Å². The summed E-state index contributed by atoms with van der Waals surface area (Å²) in [4.78, 5) is 23.3. The summed E-state index contributed by atoms with van der Waals surface area (Å²) in [5.41, 5.74) is -0.604. The molecule has 0 aliphatic rings. The summed E-state index contributed by atoms with van der Waals surface area (Å²) in [6.07, 6.45) is -0.625. The van der Waals surface area contributed by atoms with Crippen LogP contribution in [-0.4, -0.2) is 41.9 Å². The van der Waals surface area contributed by atoms with Crippen LogP contribution >= 0.6 is 0 Å². The number of nitrogens with one attached hydrogen (secondary N) is 2. The van der Waals surface area contributed by atoms with Gasteiger partial charge < -0.3 is 20.5 Å². The number of hydrogen-bond acceptors (Lipinski definition) is 4. The van der Waals surface area contributed by atoms with E-state index in [-0.39, 0.29) is 25.0 Å². The minimum absolute atomic E-state index is 0.0730. The number of amides is 2. The average molecular weight is 260 g/mol. The van der Waals surface area contributed by atoms with E-state index in [2.05, 4.69) is 10.6 Å². The second kappa shape index (κ2) is 7.20. The van der Waals surface area contributed by atoms with Gasteiger partial charge in [-0.3, -0.25) is 4.79 Å². The lowest BCUT2D eigenvalue weighted by Crippen LogP contribution is -2.51. The van der Waals surface area contributed by atoms with E-state index in [1.807, 2.05) is 13.8 Å². The number of carbonyl (C=O) groups excluding carboxylic acids is 2. The number of carbonyl (C=O) groups is 2. The average Bonchev–Trinajstić information content (AvgIpc) is 2.19. The van der Waals surface area contributed by atoms with Crippen LogP contribution in [0.5, 0.6) is 0 Å².